The van der Waals surface area contributed by atoms with Crippen LogP contribution in [0.15, 0.2) is 39.6 Å². The maximum Gasteiger partial charge on any atom is 0.439 e. The number of benzene rings is 1. The summed E-state index contributed by atoms with van der Waals surface area (Å²) in [6.07, 6.45) is 7.39. The molecule has 3 N–H and O–H groups in total. The van der Waals surface area contributed by atoms with Crippen LogP contribution in [0, 0.1) is 17.8 Å². The molecule has 38 heavy (non-hydrogen) atoms. The third-order valence-electron chi connectivity index (χ3n) is 8.44. The number of imidazole rings is 1. The number of nitrogens with one attached hydrogen (secondary N) is 2. The van der Waals surface area contributed by atoms with Crippen molar-refractivity contribution in [2.45, 2.75) is 77.5 Å². The highest BCUT2D eigenvalue weighted by atomic mass is 16.5. The van der Waals surface area contributed by atoms with Crippen LogP contribution in [0.5, 0.6) is 0 Å². The Morgan fingerprint density at radius 3 is 2.53 bits per heavy atom. The minimum absolute atomic E-state index is 0.150. The van der Waals surface area contributed by atoms with Gasteiger partial charge in [-0.3, -0.25) is 9.51 Å². The predicted molar refractivity (Wildman–Crippen MR) is 143 cm³/mol. The number of nitrogens with zero attached hydrogens (tertiary/aromatic N) is 5. The van der Waals surface area contributed by atoms with Gasteiger partial charge in [0.2, 0.25) is 11.6 Å². The number of H-pyrrole nitrogens is 1. The van der Waals surface area contributed by atoms with E-state index < -0.39 is 11.9 Å². The minimum atomic E-state index is -0.917. The maximum atomic E-state index is 11.7. The first-order valence-electron chi connectivity index (χ1n) is 13.8. The molecule has 200 valence electrons. The number of aliphatic hydroxyl groups excluding tert-OH is 1. The van der Waals surface area contributed by atoms with Crippen molar-refractivity contribution in [1.29, 1.82) is 0 Å². The molecule has 4 aromatic rings. The Morgan fingerprint density at radius 1 is 1.11 bits per heavy atom. The van der Waals surface area contributed by atoms with Gasteiger partial charge >= 0.3 is 5.76 Å². The number of fused-ring (bicyclic) bond motifs is 1. The van der Waals surface area contributed by atoms with Crippen LogP contribution in [0.3, 0.4) is 0 Å². The van der Waals surface area contributed by atoms with Gasteiger partial charge in [-0.15, -0.1) is 0 Å². The molecule has 6 rings (SSSR count). The quantitative estimate of drug-likeness (QED) is 0.307. The Bertz CT molecular complexity index is 1450. The van der Waals surface area contributed by atoms with Gasteiger partial charge in [0.15, 0.2) is 11.5 Å². The van der Waals surface area contributed by atoms with Crippen LogP contribution in [-0.4, -0.2) is 40.8 Å². The molecule has 0 saturated heterocycles. The lowest BCUT2D eigenvalue weighted by Crippen LogP contribution is -2.31. The number of anilines is 1. The average molecular weight is 518 g/mol. The highest BCUT2D eigenvalue weighted by Gasteiger charge is 2.30. The molecule has 2 atom stereocenters. The van der Waals surface area contributed by atoms with Crippen LogP contribution in [0.4, 0.5) is 5.82 Å². The van der Waals surface area contributed by atoms with Gasteiger partial charge in [0, 0.05) is 12.6 Å². The van der Waals surface area contributed by atoms with Crippen LogP contribution >= 0.6 is 0 Å². The molecular weight excluding hydrogens is 482 g/mol. The van der Waals surface area contributed by atoms with Crippen molar-refractivity contribution < 1.29 is 9.63 Å². The number of hydrogen-bond acceptors (Lipinski definition) is 8. The summed E-state index contributed by atoms with van der Waals surface area (Å²) >= 11 is 0. The predicted octanol–water partition coefficient (Wildman–Crippen LogP) is 4.68. The van der Waals surface area contributed by atoms with Crippen LogP contribution in [0.25, 0.3) is 22.8 Å². The van der Waals surface area contributed by atoms with Crippen LogP contribution in [0.1, 0.15) is 76.3 Å². The Balaban J connectivity index is 1.50. The lowest BCUT2D eigenvalue weighted by molar-refractivity contribution is 0.198. The summed E-state index contributed by atoms with van der Waals surface area (Å²) in [6.45, 7) is 5.23. The number of aromatic amines is 1. The first-order chi connectivity index (χ1) is 18.5. The van der Waals surface area contributed by atoms with E-state index in [9.17, 15) is 9.90 Å². The number of aliphatic hydroxyl groups is 1. The summed E-state index contributed by atoms with van der Waals surface area (Å²) in [5.41, 5.74) is 2.00. The van der Waals surface area contributed by atoms with Crippen molar-refractivity contribution in [2.24, 2.45) is 17.8 Å². The first-order valence-corrected chi connectivity index (χ1v) is 13.8. The lowest BCUT2D eigenvalue weighted by Gasteiger charge is -2.32. The molecule has 3 aromatic heterocycles. The van der Waals surface area contributed by atoms with E-state index in [1.54, 1.807) is 0 Å². The highest BCUT2D eigenvalue weighted by molar-refractivity contribution is 5.86. The zero-order chi connectivity index (χ0) is 26.2. The fraction of sp³-hybridized carbons (Fsp3) is 0.536. The van der Waals surface area contributed by atoms with Crippen molar-refractivity contribution in [3.05, 3.63) is 52.3 Å². The van der Waals surface area contributed by atoms with Gasteiger partial charge in [-0.2, -0.15) is 0 Å². The van der Waals surface area contributed by atoms with Crippen molar-refractivity contribution in [1.82, 2.24) is 29.7 Å². The van der Waals surface area contributed by atoms with E-state index in [0.717, 1.165) is 36.4 Å². The molecule has 0 aliphatic heterocycles. The van der Waals surface area contributed by atoms with Crippen LogP contribution in [0.2, 0.25) is 0 Å². The van der Waals surface area contributed by atoms with E-state index in [1.807, 2.05) is 30.3 Å². The highest BCUT2D eigenvalue weighted by Crippen LogP contribution is 2.36. The summed E-state index contributed by atoms with van der Waals surface area (Å²) in [5, 5.41) is 19.0. The lowest BCUT2D eigenvalue weighted by atomic mass is 9.80. The molecule has 1 unspecified atom stereocenters. The zero-order valence-electron chi connectivity index (χ0n) is 21.9. The van der Waals surface area contributed by atoms with Gasteiger partial charge < -0.3 is 15.0 Å². The van der Waals surface area contributed by atoms with Crippen LogP contribution in [-0.2, 0) is 6.54 Å². The molecule has 2 aliphatic rings. The van der Waals surface area contributed by atoms with E-state index in [2.05, 4.69) is 38.9 Å². The molecule has 2 saturated carbocycles. The molecule has 10 heteroatoms. The Morgan fingerprint density at radius 2 is 1.87 bits per heavy atom. The van der Waals surface area contributed by atoms with Crippen molar-refractivity contribution in [2.75, 3.05) is 5.32 Å². The molecule has 1 aromatic carbocycles. The summed E-state index contributed by atoms with van der Waals surface area (Å²) in [5.74, 6) is 2.69. The van der Waals surface area contributed by atoms with Gasteiger partial charge in [0.05, 0.1) is 0 Å². The summed E-state index contributed by atoms with van der Waals surface area (Å²) in [4.78, 5) is 28.6. The Labute approximate surface area is 220 Å². The van der Waals surface area contributed by atoms with E-state index in [0.29, 0.717) is 29.1 Å². The smallest absolute Gasteiger partial charge is 0.380 e. The monoisotopic (exact) mass is 517 g/mol. The fourth-order valence-electron chi connectivity index (χ4n) is 5.81. The Hall–Kier alpha value is -3.53. The average Bonchev–Trinajstić information content (AvgIpc) is 3.48. The molecule has 2 fully saturated rings. The first kappa shape index (κ1) is 24.8. The molecule has 0 amide bonds. The summed E-state index contributed by atoms with van der Waals surface area (Å²) in [7, 11) is 0. The third kappa shape index (κ3) is 4.84. The zero-order valence-corrected chi connectivity index (χ0v) is 21.9. The molecule has 0 spiro atoms. The molecular formula is C28H35N7O3. The second-order valence-electron chi connectivity index (χ2n) is 11.2. The normalized spacial score (nSPS) is 21.8. The molecule has 0 radical (unpaired) electrons. The van der Waals surface area contributed by atoms with Gasteiger partial charge in [-0.1, -0.05) is 61.7 Å². The molecule has 3 heterocycles. The third-order valence-corrected chi connectivity index (χ3v) is 8.44. The fourth-order valence-corrected chi connectivity index (χ4v) is 5.81. The SMILES string of the molecule is CC1CCC(Cn2c(C(O)c3ccccc3)nc3nc(-c4noc(=O)[nH]4)nc(N[C@H](C)C4CCC4)c32)CC1. The topological polar surface area (TPSA) is 135 Å². The van der Waals surface area contributed by atoms with Gasteiger partial charge in [-0.05, 0) is 55.9 Å². The van der Waals surface area contributed by atoms with Crippen molar-refractivity contribution in [3.8, 4) is 11.6 Å². The van der Waals surface area contributed by atoms with E-state index in [1.165, 1.54) is 32.1 Å². The summed E-state index contributed by atoms with van der Waals surface area (Å²) < 4.78 is 6.85. The molecule has 10 nitrogen and oxygen atoms in total. The second kappa shape index (κ2) is 10.3. The second-order valence-corrected chi connectivity index (χ2v) is 11.2. The molecule has 0 bridgehead atoms. The van der Waals surface area contributed by atoms with Gasteiger partial charge in [0.25, 0.3) is 0 Å². The standard InChI is InChI=1S/C28H35N7O3/c1-16-11-13-18(14-12-16)15-35-21-23(29-17(2)19-9-6-10-19)30-25(26-33-28(37)38-34-26)31-24(21)32-27(35)22(36)20-7-4-3-5-8-20/h3-5,7-8,16-19,22,36H,6,9-15H2,1-2H3,(H,29,30,31)(H,33,34,37)/t16?,17-,18?,22?/m1/s1. The number of rotatable bonds is 8. The number of hydrogen-bond donors (Lipinski definition) is 3. The van der Waals surface area contributed by atoms with Gasteiger partial charge in [-0.25, -0.2) is 19.7 Å². The van der Waals surface area contributed by atoms with E-state index >= 15 is 0 Å². The van der Waals surface area contributed by atoms with E-state index in [-0.39, 0.29) is 17.7 Å². The van der Waals surface area contributed by atoms with Gasteiger partial charge in [0.1, 0.15) is 17.4 Å². The molecule has 2 aliphatic carbocycles. The van der Waals surface area contributed by atoms with Crippen LogP contribution < -0.4 is 11.1 Å². The Kier molecular flexibility index (Phi) is 6.73. The number of aromatic nitrogens is 6. The van der Waals surface area contributed by atoms with E-state index in [4.69, 9.17) is 14.5 Å². The maximum absolute atomic E-state index is 11.7. The van der Waals surface area contributed by atoms with Crippen molar-refractivity contribution >= 4 is 17.0 Å². The minimum Gasteiger partial charge on any atom is -0.380 e. The largest absolute Gasteiger partial charge is 0.439 e. The summed E-state index contributed by atoms with van der Waals surface area (Å²) in [6, 6.07) is 9.79. The van der Waals surface area contributed by atoms with Crippen molar-refractivity contribution in [3.63, 3.8) is 0 Å².